The van der Waals surface area contributed by atoms with Gasteiger partial charge < -0.3 is 9.26 Å². The Morgan fingerprint density at radius 3 is 2.76 bits per heavy atom. The highest BCUT2D eigenvalue weighted by Gasteiger charge is 2.39. The summed E-state index contributed by atoms with van der Waals surface area (Å²) in [7, 11) is -3.70. The van der Waals surface area contributed by atoms with Crippen molar-refractivity contribution in [1.82, 2.24) is 14.4 Å². The third-order valence-electron chi connectivity index (χ3n) is 4.75. The van der Waals surface area contributed by atoms with E-state index in [-0.39, 0.29) is 10.8 Å². The number of nitrogens with zero attached hydrogens (tertiary/aromatic N) is 3. The van der Waals surface area contributed by atoms with Crippen LogP contribution in [0.1, 0.15) is 31.7 Å². The zero-order chi connectivity index (χ0) is 20.4. The normalized spacial score (nSPS) is 17.5. The number of benzene rings is 2. The number of ether oxygens (including phenoxy) is 1. The van der Waals surface area contributed by atoms with Gasteiger partial charge in [-0.15, -0.1) is 0 Å². The summed E-state index contributed by atoms with van der Waals surface area (Å²) >= 11 is 6.03. The zero-order valence-electron chi connectivity index (χ0n) is 15.8. The number of sulfonamides is 1. The van der Waals surface area contributed by atoms with Crippen molar-refractivity contribution in [2.24, 2.45) is 0 Å². The fourth-order valence-corrected chi connectivity index (χ4v) is 5.24. The van der Waals surface area contributed by atoms with Crippen LogP contribution < -0.4 is 4.74 Å². The molecule has 0 spiro atoms. The van der Waals surface area contributed by atoms with Gasteiger partial charge >= 0.3 is 0 Å². The van der Waals surface area contributed by atoms with Crippen LogP contribution in [0.2, 0.25) is 5.02 Å². The van der Waals surface area contributed by atoms with Crippen molar-refractivity contribution in [2.75, 3.05) is 13.2 Å². The van der Waals surface area contributed by atoms with Gasteiger partial charge in [0.15, 0.2) is 0 Å². The Hall–Kier alpha value is -2.42. The highest BCUT2D eigenvalue weighted by atomic mass is 35.5. The van der Waals surface area contributed by atoms with Crippen LogP contribution in [0, 0.1) is 0 Å². The van der Waals surface area contributed by atoms with E-state index in [1.165, 1.54) is 4.31 Å². The van der Waals surface area contributed by atoms with Crippen LogP contribution in [0.3, 0.4) is 0 Å². The molecule has 152 valence electrons. The lowest BCUT2D eigenvalue weighted by atomic mass is 10.2. The first kappa shape index (κ1) is 19.9. The van der Waals surface area contributed by atoms with Gasteiger partial charge in [0, 0.05) is 17.1 Å². The van der Waals surface area contributed by atoms with Gasteiger partial charge in [0.05, 0.1) is 11.5 Å². The molecule has 2 heterocycles. The quantitative estimate of drug-likeness (QED) is 0.575. The molecule has 29 heavy (non-hydrogen) atoms. The standard InChI is InChI=1S/C20H20ClN3O4S/c1-2-27-16-8-10-17(11-9-16)29(25,26)24-12-4-7-18(24)20-22-19(23-28-20)14-5-3-6-15(21)13-14/h3,5-6,8-11,13,18H,2,4,7,12H2,1H3/t18-/m0/s1. The summed E-state index contributed by atoms with van der Waals surface area (Å²) in [6.07, 6.45) is 1.34. The van der Waals surface area contributed by atoms with Crippen LogP contribution >= 0.6 is 11.6 Å². The monoisotopic (exact) mass is 433 g/mol. The Balaban J connectivity index is 1.60. The van der Waals surface area contributed by atoms with Gasteiger partial charge in [-0.25, -0.2) is 8.42 Å². The Labute approximate surface area is 174 Å². The fourth-order valence-electron chi connectivity index (χ4n) is 3.40. The van der Waals surface area contributed by atoms with Gasteiger partial charge in [-0.3, -0.25) is 0 Å². The summed E-state index contributed by atoms with van der Waals surface area (Å²) in [6, 6.07) is 13.0. The number of rotatable bonds is 6. The molecule has 1 aliphatic rings. The predicted octanol–water partition coefficient (Wildman–Crippen LogP) is 4.31. The summed E-state index contributed by atoms with van der Waals surface area (Å²) < 4.78 is 38.6. The second-order valence-corrected chi connectivity index (χ2v) is 8.97. The first-order chi connectivity index (χ1) is 14.0. The Kier molecular flexibility index (Phi) is 5.58. The second-order valence-electron chi connectivity index (χ2n) is 6.64. The van der Waals surface area contributed by atoms with Gasteiger partial charge in [-0.1, -0.05) is 28.9 Å². The highest BCUT2D eigenvalue weighted by molar-refractivity contribution is 7.89. The van der Waals surface area contributed by atoms with E-state index in [1.54, 1.807) is 42.5 Å². The van der Waals surface area contributed by atoms with E-state index in [1.807, 2.05) is 13.0 Å². The van der Waals surface area contributed by atoms with E-state index in [2.05, 4.69) is 10.1 Å². The third-order valence-corrected chi connectivity index (χ3v) is 6.91. The molecule has 0 bridgehead atoms. The number of hydrogen-bond acceptors (Lipinski definition) is 6. The molecule has 0 amide bonds. The molecule has 1 atom stereocenters. The topological polar surface area (TPSA) is 85.5 Å². The van der Waals surface area contributed by atoms with Crippen molar-refractivity contribution < 1.29 is 17.7 Å². The molecule has 3 aromatic rings. The van der Waals surface area contributed by atoms with Crippen LogP contribution in [-0.4, -0.2) is 36.0 Å². The minimum atomic E-state index is -3.70. The molecule has 0 aliphatic carbocycles. The number of halogens is 1. The molecular formula is C20H20ClN3O4S. The van der Waals surface area contributed by atoms with Crippen molar-refractivity contribution in [3.05, 3.63) is 59.4 Å². The smallest absolute Gasteiger partial charge is 0.245 e. The molecule has 0 N–H and O–H groups in total. The molecule has 0 radical (unpaired) electrons. The Morgan fingerprint density at radius 2 is 2.03 bits per heavy atom. The largest absolute Gasteiger partial charge is 0.494 e. The minimum absolute atomic E-state index is 0.211. The van der Waals surface area contributed by atoms with Crippen molar-refractivity contribution in [3.8, 4) is 17.1 Å². The van der Waals surface area contributed by atoms with Gasteiger partial charge in [-0.2, -0.15) is 9.29 Å². The summed E-state index contributed by atoms with van der Waals surface area (Å²) in [6.45, 7) is 2.79. The number of hydrogen-bond donors (Lipinski definition) is 0. The molecule has 1 aliphatic heterocycles. The second kappa shape index (κ2) is 8.14. The predicted molar refractivity (Wildman–Crippen MR) is 108 cm³/mol. The van der Waals surface area contributed by atoms with Gasteiger partial charge in [0.25, 0.3) is 0 Å². The average molecular weight is 434 g/mol. The molecule has 4 rings (SSSR count). The maximum Gasteiger partial charge on any atom is 0.245 e. The van der Waals surface area contributed by atoms with E-state index in [4.69, 9.17) is 20.9 Å². The average Bonchev–Trinajstić information content (AvgIpc) is 3.38. The molecule has 1 aromatic heterocycles. The minimum Gasteiger partial charge on any atom is -0.494 e. The molecular weight excluding hydrogens is 414 g/mol. The van der Waals surface area contributed by atoms with E-state index < -0.39 is 16.1 Å². The molecule has 1 saturated heterocycles. The van der Waals surface area contributed by atoms with E-state index >= 15 is 0 Å². The third kappa shape index (κ3) is 4.01. The van der Waals surface area contributed by atoms with Gasteiger partial charge in [-0.05, 0) is 56.2 Å². The maximum atomic E-state index is 13.2. The molecule has 0 saturated carbocycles. The summed E-state index contributed by atoms with van der Waals surface area (Å²) in [5.41, 5.74) is 0.714. The molecule has 9 heteroatoms. The van der Waals surface area contributed by atoms with Gasteiger partial charge in [0.2, 0.25) is 21.7 Å². The SMILES string of the molecule is CCOc1ccc(S(=O)(=O)N2CCC[C@H]2c2nc(-c3cccc(Cl)c3)no2)cc1. The Bertz CT molecular complexity index is 1100. The lowest BCUT2D eigenvalue weighted by Crippen LogP contribution is -2.30. The highest BCUT2D eigenvalue weighted by Crippen LogP contribution is 2.36. The first-order valence-corrected chi connectivity index (χ1v) is 11.1. The summed E-state index contributed by atoms with van der Waals surface area (Å²) in [5, 5.41) is 4.57. The lowest BCUT2D eigenvalue weighted by Gasteiger charge is -2.21. The van der Waals surface area contributed by atoms with Crippen LogP contribution in [0.15, 0.2) is 57.9 Å². The molecule has 0 unspecified atom stereocenters. The van der Waals surface area contributed by atoms with Crippen LogP contribution in [0.5, 0.6) is 5.75 Å². The van der Waals surface area contributed by atoms with Crippen molar-refractivity contribution >= 4 is 21.6 Å². The molecule has 7 nitrogen and oxygen atoms in total. The Morgan fingerprint density at radius 1 is 1.24 bits per heavy atom. The van der Waals surface area contributed by atoms with Crippen molar-refractivity contribution in [1.29, 1.82) is 0 Å². The lowest BCUT2D eigenvalue weighted by molar-refractivity contribution is 0.290. The van der Waals surface area contributed by atoms with Crippen LogP contribution in [-0.2, 0) is 10.0 Å². The fraction of sp³-hybridized carbons (Fsp3) is 0.300. The van der Waals surface area contributed by atoms with Crippen LogP contribution in [0.25, 0.3) is 11.4 Å². The zero-order valence-corrected chi connectivity index (χ0v) is 17.4. The summed E-state index contributed by atoms with van der Waals surface area (Å²) in [5.74, 6) is 1.30. The maximum absolute atomic E-state index is 13.2. The van der Waals surface area contributed by atoms with E-state index in [0.717, 1.165) is 6.42 Å². The molecule has 1 fully saturated rings. The van der Waals surface area contributed by atoms with E-state index in [0.29, 0.717) is 41.7 Å². The van der Waals surface area contributed by atoms with Crippen molar-refractivity contribution in [2.45, 2.75) is 30.7 Å². The van der Waals surface area contributed by atoms with E-state index in [9.17, 15) is 8.42 Å². The number of aromatic nitrogens is 2. The van der Waals surface area contributed by atoms with Crippen LogP contribution in [0.4, 0.5) is 0 Å². The van der Waals surface area contributed by atoms with Gasteiger partial charge in [0.1, 0.15) is 11.8 Å². The molecule has 2 aromatic carbocycles. The van der Waals surface area contributed by atoms with Crippen molar-refractivity contribution in [3.63, 3.8) is 0 Å². The summed E-state index contributed by atoms with van der Waals surface area (Å²) in [4.78, 5) is 4.65. The first-order valence-electron chi connectivity index (χ1n) is 9.33.